The van der Waals surface area contributed by atoms with Crippen LogP contribution in [0.2, 0.25) is 0 Å². The predicted octanol–water partition coefficient (Wildman–Crippen LogP) is 2.76. The lowest BCUT2D eigenvalue weighted by Gasteiger charge is -2.12. The monoisotopic (exact) mass is 345 g/mol. The van der Waals surface area contributed by atoms with E-state index in [9.17, 15) is 4.79 Å². The van der Waals surface area contributed by atoms with Crippen LogP contribution in [0.3, 0.4) is 0 Å². The Bertz CT molecular complexity index is 684. The highest BCUT2D eigenvalue weighted by molar-refractivity contribution is 7.99. The summed E-state index contributed by atoms with van der Waals surface area (Å²) in [5, 5.41) is 12.5. The van der Waals surface area contributed by atoms with Gasteiger partial charge in [-0.1, -0.05) is 18.7 Å². The van der Waals surface area contributed by atoms with Gasteiger partial charge in [-0.2, -0.15) is 0 Å². The van der Waals surface area contributed by atoms with Crippen molar-refractivity contribution in [2.75, 3.05) is 5.75 Å². The molecular weight excluding hydrogens is 322 g/mol. The lowest BCUT2D eigenvalue weighted by atomic mass is 10.2. The van der Waals surface area contributed by atoms with Crippen LogP contribution in [-0.4, -0.2) is 37.5 Å². The van der Waals surface area contributed by atoms with Crippen LogP contribution in [0.4, 0.5) is 0 Å². The van der Waals surface area contributed by atoms with Crippen molar-refractivity contribution in [3.05, 3.63) is 24.5 Å². The summed E-state index contributed by atoms with van der Waals surface area (Å²) in [5.74, 6) is 1.93. The number of amides is 1. The van der Waals surface area contributed by atoms with E-state index in [4.69, 9.17) is 0 Å². The lowest BCUT2D eigenvalue weighted by Crippen LogP contribution is -2.35. The van der Waals surface area contributed by atoms with E-state index in [-0.39, 0.29) is 11.9 Å². The van der Waals surface area contributed by atoms with Gasteiger partial charge in [0.25, 0.3) is 0 Å². The van der Waals surface area contributed by atoms with Gasteiger partial charge in [-0.25, -0.2) is 0 Å². The van der Waals surface area contributed by atoms with E-state index < -0.39 is 0 Å². The number of nitrogens with zero attached hydrogens (tertiary/aromatic N) is 4. The van der Waals surface area contributed by atoms with E-state index in [1.54, 1.807) is 12.4 Å². The SMILES string of the molecule is CCCn1c(SCC(=O)NC(C)C2CC2)nnc1-c1ccncc1. The Balaban J connectivity index is 1.66. The van der Waals surface area contributed by atoms with Crippen LogP contribution in [0.25, 0.3) is 11.4 Å². The van der Waals surface area contributed by atoms with E-state index in [1.165, 1.54) is 24.6 Å². The maximum atomic E-state index is 12.1. The van der Waals surface area contributed by atoms with Crippen LogP contribution >= 0.6 is 11.8 Å². The van der Waals surface area contributed by atoms with Crippen LogP contribution < -0.4 is 5.32 Å². The Labute approximate surface area is 146 Å². The first-order valence-electron chi connectivity index (χ1n) is 8.44. The lowest BCUT2D eigenvalue weighted by molar-refractivity contribution is -0.119. The molecule has 2 heterocycles. The summed E-state index contributed by atoms with van der Waals surface area (Å²) >= 11 is 1.45. The van der Waals surface area contributed by atoms with Gasteiger partial charge in [0.1, 0.15) is 0 Å². The molecule has 1 unspecified atom stereocenters. The average molecular weight is 345 g/mol. The van der Waals surface area contributed by atoms with E-state index in [0.717, 1.165) is 29.5 Å². The van der Waals surface area contributed by atoms with Crippen LogP contribution in [-0.2, 0) is 11.3 Å². The van der Waals surface area contributed by atoms with Gasteiger partial charge in [0, 0.05) is 30.5 Å². The first-order valence-corrected chi connectivity index (χ1v) is 9.43. The number of hydrogen-bond acceptors (Lipinski definition) is 5. The van der Waals surface area contributed by atoms with E-state index in [1.807, 2.05) is 12.1 Å². The first kappa shape index (κ1) is 17.0. The molecule has 0 saturated heterocycles. The maximum absolute atomic E-state index is 12.1. The molecule has 1 aliphatic carbocycles. The minimum atomic E-state index is 0.0657. The molecule has 1 fully saturated rings. The fourth-order valence-corrected chi connectivity index (χ4v) is 3.45. The van der Waals surface area contributed by atoms with Crippen molar-refractivity contribution in [2.24, 2.45) is 5.92 Å². The Morgan fingerprint density at radius 3 is 2.79 bits per heavy atom. The van der Waals surface area contributed by atoms with Crippen LogP contribution in [0, 0.1) is 5.92 Å². The van der Waals surface area contributed by atoms with Crippen LogP contribution in [0.1, 0.15) is 33.1 Å². The topological polar surface area (TPSA) is 72.7 Å². The van der Waals surface area contributed by atoms with E-state index in [0.29, 0.717) is 11.7 Å². The van der Waals surface area contributed by atoms with Gasteiger partial charge in [0.2, 0.25) is 5.91 Å². The van der Waals surface area contributed by atoms with Gasteiger partial charge < -0.3 is 9.88 Å². The molecule has 0 aromatic carbocycles. The molecule has 1 amide bonds. The van der Waals surface area contributed by atoms with Gasteiger partial charge in [-0.05, 0) is 44.2 Å². The summed E-state index contributed by atoms with van der Waals surface area (Å²) in [6.45, 7) is 5.03. The summed E-state index contributed by atoms with van der Waals surface area (Å²) in [6, 6.07) is 4.13. The molecule has 2 aromatic rings. The Kier molecular flexibility index (Phi) is 5.50. The number of hydrogen-bond donors (Lipinski definition) is 1. The molecule has 6 nitrogen and oxygen atoms in total. The molecule has 2 aromatic heterocycles. The van der Waals surface area contributed by atoms with Crippen molar-refractivity contribution < 1.29 is 4.79 Å². The molecule has 24 heavy (non-hydrogen) atoms. The first-order chi connectivity index (χ1) is 11.7. The fourth-order valence-electron chi connectivity index (χ4n) is 2.67. The summed E-state index contributed by atoms with van der Waals surface area (Å²) < 4.78 is 2.08. The minimum absolute atomic E-state index is 0.0657. The Morgan fingerprint density at radius 2 is 2.12 bits per heavy atom. The number of thioether (sulfide) groups is 1. The maximum Gasteiger partial charge on any atom is 0.230 e. The second kappa shape index (κ2) is 7.79. The summed E-state index contributed by atoms with van der Waals surface area (Å²) in [7, 11) is 0. The zero-order valence-electron chi connectivity index (χ0n) is 14.1. The summed E-state index contributed by atoms with van der Waals surface area (Å²) in [5.41, 5.74) is 0.990. The Morgan fingerprint density at radius 1 is 1.38 bits per heavy atom. The Hall–Kier alpha value is -1.89. The third kappa shape index (κ3) is 4.14. The van der Waals surface area contributed by atoms with Gasteiger partial charge in [0.05, 0.1) is 5.75 Å². The largest absolute Gasteiger partial charge is 0.353 e. The smallest absolute Gasteiger partial charge is 0.230 e. The minimum Gasteiger partial charge on any atom is -0.353 e. The second-order valence-electron chi connectivity index (χ2n) is 6.18. The highest BCUT2D eigenvalue weighted by Gasteiger charge is 2.28. The molecule has 1 N–H and O–H groups in total. The number of pyridine rings is 1. The average Bonchev–Trinajstić information content (AvgIpc) is 3.37. The number of carbonyl (C=O) groups is 1. The number of carbonyl (C=O) groups excluding carboxylic acids is 1. The molecule has 1 saturated carbocycles. The summed E-state index contributed by atoms with van der Waals surface area (Å²) in [4.78, 5) is 16.2. The standard InChI is InChI=1S/C17H23N5OS/c1-3-10-22-16(14-6-8-18-9-7-14)20-21-17(22)24-11-15(23)19-12(2)13-4-5-13/h6-9,12-13H,3-5,10-11H2,1-2H3,(H,19,23). The van der Waals surface area contributed by atoms with Crippen molar-refractivity contribution in [1.29, 1.82) is 0 Å². The molecule has 7 heteroatoms. The number of aromatic nitrogens is 4. The van der Waals surface area contributed by atoms with Crippen molar-refractivity contribution in [2.45, 2.75) is 50.9 Å². The number of rotatable bonds is 8. The molecule has 0 radical (unpaired) electrons. The molecule has 1 atom stereocenters. The molecule has 0 bridgehead atoms. The van der Waals surface area contributed by atoms with Gasteiger partial charge in [0.15, 0.2) is 11.0 Å². The third-order valence-electron chi connectivity index (χ3n) is 4.15. The highest BCUT2D eigenvalue weighted by Crippen LogP contribution is 2.32. The van der Waals surface area contributed by atoms with E-state index >= 15 is 0 Å². The van der Waals surface area contributed by atoms with E-state index in [2.05, 4.69) is 38.9 Å². The van der Waals surface area contributed by atoms with Gasteiger partial charge >= 0.3 is 0 Å². The number of nitrogens with one attached hydrogen (secondary N) is 1. The fraction of sp³-hybridized carbons (Fsp3) is 0.529. The van der Waals surface area contributed by atoms with Crippen molar-refractivity contribution in [3.8, 4) is 11.4 Å². The zero-order chi connectivity index (χ0) is 16.9. The summed E-state index contributed by atoms with van der Waals surface area (Å²) in [6.07, 6.45) is 6.94. The molecular formula is C17H23N5OS. The second-order valence-corrected chi connectivity index (χ2v) is 7.12. The molecule has 0 spiro atoms. The normalized spacial score (nSPS) is 15.2. The molecule has 3 rings (SSSR count). The zero-order valence-corrected chi connectivity index (χ0v) is 14.9. The predicted molar refractivity (Wildman–Crippen MR) is 94.6 cm³/mol. The molecule has 1 aliphatic rings. The molecule has 128 valence electrons. The van der Waals surface area contributed by atoms with Gasteiger partial charge in [-0.15, -0.1) is 10.2 Å². The quantitative estimate of drug-likeness (QED) is 0.745. The van der Waals surface area contributed by atoms with Crippen LogP contribution in [0.15, 0.2) is 29.7 Å². The molecule has 0 aliphatic heterocycles. The van der Waals surface area contributed by atoms with Crippen molar-refractivity contribution in [3.63, 3.8) is 0 Å². The van der Waals surface area contributed by atoms with Gasteiger partial charge in [-0.3, -0.25) is 9.78 Å². The third-order valence-corrected chi connectivity index (χ3v) is 5.12. The highest BCUT2D eigenvalue weighted by atomic mass is 32.2. The van der Waals surface area contributed by atoms with Crippen molar-refractivity contribution in [1.82, 2.24) is 25.1 Å². The van der Waals surface area contributed by atoms with Crippen molar-refractivity contribution >= 4 is 17.7 Å². The van der Waals surface area contributed by atoms with Crippen LogP contribution in [0.5, 0.6) is 0 Å².